The molecule has 0 aromatic carbocycles. The fraction of sp³-hybridized carbons (Fsp3) is 0.706. The number of piperazine rings is 1. The van der Waals surface area contributed by atoms with Crippen molar-refractivity contribution in [1.29, 1.82) is 0 Å². The molecule has 8 heteroatoms. The van der Waals surface area contributed by atoms with Crippen LogP contribution < -0.4 is 5.73 Å². The zero-order valence-electron chi connectivity index (χ0n) is 15.1. The lowest BCUT2D eigenvalue weighted by Gasteiger charge is -2.34. The molecule has 0 spiro atoms. The number of aryl methyl sites for hydroxylation is 1. The Morgan fingerprint density at radius 2 is 1.80 bits per heavy atom. The summed E-state index contributed by atoms with van der Waals surface area (Å²) in [6.07, 6.45) is 2.08. The van der Waals surface area contributed by atoms with Crippen molar-refractivity contribution in [2.75, 3.05) is 26.2 Å². The minimum atomic E-state index is 0.347. The monoisotopic (exact) mass is 361 g/mol. The molecule has 2 aromatic heterocycles. The van der Waals surface area contributed by atoms with Crippen LogP contribution in [0.2, 0.25) is 0 Å². The molecule has 136 valence electrons. The minimum absolute atomic E-state index is 0.347. The van der Waals surface area contributed by atoms with Gasteiger partial charge in [-0.2, -0.15) is 0 Å². The lowest BCUT2D eigenvalue weighted by atomic mass is 9.80. The van der Waals surface area contributed by atoms with Crippen LogP contribution in [-0.4, -0.2) is 61.8 Å². The van der Waals surface area contributed by atoms with Gasteiger partial charge in [-0.1, -0.05) is 0 Å². The first kappa shape index (κ1) is 17.1. The smallest absolute Gasteiger partial charge is 0.146 e. The standard InChI is InChI=1S/C17H27N7S/c1-12-19-15(11-25-12)9-23-3-5-24(6-4-23)10-16-20-21-17(22(16)2)13-7-14(18)8-13/h11,13-14H,3-10,18H2,1-2H3. The Balaban J connectivity index is 1.28. The van der Waals surface area contributed by atoms with Crippen LogP contribution in [0.1, 0.15) is 41.1 Å². The van der Waals surface area contributed by atoms with Crippen LogP contribution in [0.25, 0.3) is 0 Å². The molecule has 1 aliphatic carbocycles. The molecule has 4 rings (SSSR count). The van der Waals surface area contributed by atoms with Crippen LogP contribution in [-0.2, 0) is 20.1 Å². The van der Waals surface area contributed by atoms with Crippen LogP contribution in [0.5, 0.6) is 0 Å². The highest BCUT2D eigenvalue weighted by Crippen LogP contribution is 2.34. The zero-order chi connectivity index (χ0) is 17.4. The summed E-state index contributed by atoms with van der Waals surface area (Å²) in [5.41, 5.74) is 7.11. The SMILES string of the molecule is Cc1nc(CN2CCN(Cc3nnc(C4CC(N)C4)n3C)CC2)cs1. The number of hydrogen-bond acceptors (Lipinski definition) is 7. The van der Waals surface area contributed by atoms with Gasteiger partial charge in [-0.3, -0.25) is 9.80 Å². The fourth-order valence-electron chi connectivity index (χ4n) is 3.76. The minimum Gasteiger partial charge on any atom is -0.328 e. The predicted octanol–water partition coefficient (Wildman–Crippen LogP) is 1.10. The predicted molar refractivity (Wildman–Crippen MR) is 98.4 cm³/mol. The van der Waals surface area contributed by atoms with Crippen molar-refractivity contribution < 1.29 is 0 Å². The van der Waals surface area contributed by atoms with Gasteiger partial charge in [-0.05, 0) is 19.8 Å². The molecule has 2 aliphatic rings. The van der Waals surface area contributed by atoms with E-state index in [1.807, 2.05) is 0 Å². The molecular weight excluding hydrogens is 334 g/mol. The van der Waals surface area contributed by atoms with Gasteiger partial charge < -0.3 is 10.3 Å². The second kappa shape index (κ2) is 7.11. The van der Waals surface area contributed by atoms with E-state index < -0.39 is 0 Å². The number of thiazole rings is 1. The van der Waals surface area contributed by atoms with Crippen LogP contribution >= 0.6 is 11.3 Å². The molecule has 1 saturated heterocycles. The first-order chi connectivity index (χ1) is 12.1. The van der Waals surface area contributed by atoms with Gasteiger partial charge in [0.15, 0.2) is 0 Å². The molecule has 2 N–H and O–H groups in total. The van der Waals surface area contributed by atoms with Crippen molar-refractivity contribution in [2.24, 2.45) is 12.8 Å². The first-order valence-corrected chi connectivity index (χ1v) is 9.96. The molecular formula is C17H27N7S. The van der Waals surface area contributed by atoms with E-state index >= 15 is 0 Å². The molecule has 7 nitrogen and oxygen atoms in total. The highest BCUT2D eigenvalue weighted by atomic mass is 32.1. The third-order valence-electron chi connectivity index (χ3n) is 5.42. The molecule has 3 heterocycles. The Morgan fingerprint density at radius 1 is 1.12 bits per heavy atom. The van der Waals surface area contributed by atoms with Crippen molar-refractivity contribution in [1.82, 2.24) is 29.5 Å². The molecule has 25 heavy (non-hydrogen) atoms. The van der Waals surface area contributed by atoms with E-state index in [1.165, 1.54) is 5.69 Å². The summed E-state index contributed by atoms with van der Waals surface area (Å²) in [5, 5.41) is 12.2. The van der Waals surface area contributed by atoms with Gasteiger partial charge in [0.05, 0.1) is 17.2 Å². The Kier molecular flexibility index (Phi) is 4.86. The van der Waals surface area contributed by atoms with Gasteiger partial charge in [0.25, 0.3) is 0 Å². The molecule has 2 aromatic rings. The highest BCUT2D eigenvalue weighted by molar-refractivity contribution is 7.09. The normalized spacial score (nSPS) is 25.2. The highest BCUT2D eigenvalue weighted by Gasteiger charge is 2.31. The lowest BCUT2D eigenvalue weighted by Crippen LogP contribution is -2.45. The van der Waals surface area contributed by atoms with Crippen LogP contribution in [0.4, 0.5) is 0 Å². The van der Waals surface area contributed by atoms with E-state index in [4.69, 9.17) is 5.73 Å². The summed E-state index contributed by atoms with van der Waals surface area (Å²) in [7, 11) is 2.09. The van der Waals surface area contributed by atoms with Crippen LogP contribution in [0.3, 0.4) is 0 Å². The largest absolute Gasteiger partial charge is 0.328 e. The number of nitrogens with two attached hydrogens (primary N) is 1. The van der Waals surface area contributed by atoms with Crippen LogP contribution in [0, 0.1) is 6.92 Å². The summed E-state index contributed by atoms with van der Waals surface area (Å²) in [6, 6.07) is 0.347. The van der Waals surface area contributed by atoms with E-state index in [0.29, 0.717) is 12.0 Å². The summed E-state index contributed by atoms with van der Waals surface area (Å²) < 4.78 is 2.18. The second-order valence-electron chi connectivity index (χ2n) is 7.37. The van der Waals surface area contributed by atoms with Crippen molar-refractivity contribution in [2.45, 2.75) is 44.8 Å². The summed E-state index contributed by atoms with van der Waals surface area (Å²) >= 11 is 1.73. The van der Waals surface area contributed by atoms with Gasteiger partial charge in [-0.25, -0.2) is 4.98 Å². The maximum atomic E-state index is 5.91. The number of hydrogen-bond donors (Lipinski definition) is 1. The molecule has 1 aliphatic heterocycles. The molecule has 0 amide bonds. The van der Waals surface area contributed by atoms with Crippen molar-refractivity contribution >= 4 is 11.3 Å². The van der Waals surface area contributed by atoms with E-state index in [9.17, 15) is 0 Å². The van der Waals surface area contributed by atoms with Gasteiger partial charge in [-0.15, -0.1) is 21.5 Å². The molecule has 1 saturated carbocycles. The second-order valence-corrected chi connectivity index (χ2v) is 8.43. The Labute approximate surface area is 152 Å². The van der Waals surface area contributed by atoms with Gasteiger partial charge >= 0.3 is 0 Å². The molecule has 2 fully saturated rings. The van der Waals surface area contributed by atoms with Crippen molar-refractivity contribution in [3.05, 3.63) is 27.7 Å². The maximum Gasteiger partial charge on any atom is 0.146 e. The quantitative estimate of drug-likeness (QED) is 0.860. The number of aromatic nitrogens is 4. The number of nitrogens with zero attached hydrogens (tertiary/aromatic N) is 6. The lowest BCUT2D eigenvalue weighted by molar-refractivity contribution is 0.118. The van der Waals surface area contributed by atoms with Gasteiger partial charge in [0, 0.05) is 57.1 Å². The third kappa shape index (κ3) is 3.76. The van der Waals surface area contributed by atoms with E-state index in [1.54, 1.807) is 11.3 Å². The average Bonchev–Trinajstić information content (AvgIpc) is 3.13. The van der Waals surface area contributed by atoms with Gasteiger partial charge in [0.1, 0.15) is 11.6 Å². The van der Waals surface area contributed by atoms with E-state index in [2.05, 4.69) is 48.9 Å². The molecule has 0 unspecified atom stereocenters. The van der Waals surface area contributed by atoms with Gasteiger partial charge in [0.2, 0.25) is 0 Å². The first-order valence-electron chi connectivity index (χ1n) is 9.08. The van der Waals surface area contributed by atoms with Crippen LogP contribution in [0.15, 0.2) is 5.38 Å². The molecule has 0 radical (unpaired) electrons. The Morgan fingerprint density at radius 3 is 2.40 bits per heavy atom. The molecule has 0 bridgehead atoms. The average molecular weight is 362 g/mol. The Hall–Kier alpha value is -1.35. The van der Waals surface area contributed by atoms with E-state index in [-0.39, 0.29) is 0 Å². The topological polar surface area (TPSA) is 76.1 Å². The fourth-order valence-corrected chi connectivity index (χ4v) is 4.36. The molecule has 0 atom stereocenters. The van der Waals surface area contributed by atoms with E-state index in [0.717, 1.165) is 68.8 Å². The summed E-state index contributed by atoms with van der Waals surface area (Å²) in [5.74, 6) is 2.67. The summed E-state index contributed by atoms with van der Waals surface area (Å²) in [4.78, 5) is 9.54. The number of rotatable bonds is 5. The maximum absolute atomic E-state index is 5.91. The Bertz CT molecular complexity index is 710. The zero-order valence-corrected chi connectivity index (χ0v) is 15.9. The third-order valence-corrected chi connectivity index (χ3v) is 6.24. The summed E-state index contributed by atoms with van der Waals surface area (Å²) in [6.45, 7) is 8.22. The van der Waals surface area contributed by atoms with Crippen molar-refractivity contribution in [3.63, 3.8) is 0 Å². The van der Waals surface area contributed by atoms with Crippen molar-refractivity contribution in [3.8, 4) is 0 Å².